The molecular weight excluding hydrogens is 396 g/mol. The molecule has 1 heterocycles. The molecule has 4 N–H and O–H groups in total. The second-order valence-corrected chi connectivity index (χ2v) is 8.99. The summed E-state index contributed by atoms with van der Waals surface area (Å²) in [7, 11) is 0. The van der Waals surface area contributed by atoms with E-state index in [1.807, 2.05) is 19.9 Å². The zero-order valence-corrected chi connectivity index (χ0v) is 18.2. The van der Waals surface area contributed by atoms with E-state index in [2.05, 4.69) is 6.58 Å². The van der Waals surface area contributed by atoms with E-state index < -0.39 is 42.2 Å². The van der Waals surface area contributed by atoms with Gasteiger partial charge < -0.3 is 25.2 Å². The summed E-state index contributed by atoms with van der Waals surface area (Å²) in [4.78, 5) is 13.5. The molecule has 0 spiro atoms. The molecule has 1 aromatic rings. The minimum absolute atomic E-state index is 0.0860. The summed E-state index contributed by atoms with van der Waals surface area (Å²) >= 11 is 0. The maximum Gasteiger partial charge on any atom is 0.175 e. The third-order valence-corrected chi connectivity index (χ3v) is 6.41. The number of hydrogen-bond acceptors (Lipinski definition) is 6. The Morgan fingerprint density at radius 2 is 1.77 bits per heavy atom. The number of aliphatic hydroxyl groups excluding tert-OH is 3. The first-order valence-electron chi connectivity index (χ1n) is 10.6. The van der Waals surface area contributed by atoms with Crippen LogP contribution in [0.4, 0.5) is 0 Å². The molecule has 168 valence electrons. The SMILES string of the molecule is C=C(C)C(O)CC1C(O)C(CC=C(C)C)C(O)C2C(=O)C(c3ccc(O)cc3)=COC12. The Bertz CT molecular complexity index is 880. The predicted octanol–water partition coefficient (Wildman–Crippen LogP) is 2.97. The van der Waals surface area contributed by atoms with E-state index >= 15 is 0 Å². The molecule has 2 aliphatic rings. The van der Waals surface area contributed by atoms with Crippen molar-refractivity contribution >= 4 is 11.4 Å². The summed E-state index contributed by atoms with van der Waals surface area (Å²) in [5, 5.41) is 42.2. The fourth-order valence-electron chi connectivity index (χ4n) is 4.55. The molecule has 1 fully saturated rings. The van der Waals surface area contributed by atoms with E-state index in [1.165, 1.54) is 18.4 Å². The fourth-order valence-corrected chi connectivity index (χ4v) is 4.55. The molecule has 31 heavy (non-hydrogen) atoms. The Kier molecular flexibility index (Phi) is 7.04. The van der Waals surface area contributed by atoms with Crippen LogP contribution in [-0.2, 0) is 9.53 Å². The van der Waals surface area contributed by atoms with Crippen molar-refractivity contribution in [2.75, 3.05) is 0 Å². The number of rotatable bonds is 6. The van der Waals surface area contributed by atoms with Crippen LogP contribution >= 0.6 is 0 Å². The van der Waals surface area contributed by atoms with Crippen LogP contribution in [0.1, 0.15) is 39.2 Å². The van der Waals surface area contributed by atoms with Crippen molar-refractivity contribution in [2.24, 2.45) is 17.8 Å². The molecular formula is C25H32O6. The van der Waals surface area contributed by atoms with Crippen molar-refractivity contribution < 1.29 is 30.0 Å². The van der Waals surface area contributed by atoms with Crippen LogP contribution in [0.3, 0.4) is 0 Å². The molecule has 0 bridgehead atoms. The molecule has 3 rings (SSSR count). The van der Waals surface area contributed by atoms with Crippen LogP contribution in [0.2, 0.25) is 0 Å². The molecule has 0 amide bonds. The zero-order chi connectivity index (χ0) is 22.9. The van der Waals surface area contributed by atoms with Gasteiger partial charge in [-0.05, 0) is 51.3 Å². The van der Waals surface area contributed by atoms with Crippen LogP contribution < -0.4 is 0 Å². The van der Waals surface area contributed by atoms with Gasteiger partial charge in [0.25, 0.3) is 0 Å². The second-order valence-electron chi connectivity index (χ2n) is 8.99. The van der Waals surface area contributed by atoms with Gasteiger partial charge in [0.1, 0.15) is 11.9 Å². The van der Waals surface area contributed by atoms with Crippen molar-refractivity contribution in [3.63, 3.8) is 0 Å². The number of ketones is 1. The van der Waals surface area contributed by atoms with E-state index in [4.69, 9.17) is 4.74 Å². The largest absolute Gasteiger partial charge is 0.508 e. The molecule has 7 atom stereocenters. The van der Waals surface area contributed by atoms with E-state index in [9.17, 15) is 25.2 Å². The number of ether oxygens (including phenoxy) is 1. The van der Waals surface area contributed by atoms with Crippen molar-refractivity contribution in [2.45, 2.75) is 58.0 Å². The highest BCUT2D eigenvalue weighted by atomic mass is 16.5. The second kappa shape index (κ2) is 9.39. The number of hydrogen-bond donors (Lipinski definition) is 4. The van der Waals surface area contributed by atoms with Crippen molar-refractivity contribution in [1.82, 2.24) is 0 Å². The number of allylic oxidation sites excluding steroid dienone is 3. The minimum Gasteiger partial charge on any atom is -0.508 e. The van der Waals surface area contributed by atoms with Gasteiger partial charge >= 0.3 is 0 Å². The van der Waals surface area contributed by atoms with Crippen molar-refractivity contribution in [3.8, 4) is 5.75 Å². The third kappa shape index (κ3) is 4.76. The van der Waals surface area contributed by atoms with E-state index in [0.717, 1.165) is 5.57 Å². The molecule has 7 unspecified atom stereocenters. The van der Waals surface area contributed by atoms with Gasteiger partial charge in [0.2, 0.25) is 0 Å². The lowest BCUT2D eigenvalue weighted by Crippen LogP contribution is -2.59. The molecule has 1 aromatic carbocycles. The smallest absolute Gasteiger partial charge is 0.175 e. The molecule has 6 nitrogen and oxygen atoms in total. The van der Waals surface area contributed by atoms with E-state index in [0.29, 0.717) is 23.1 Å². The number of carbonyl (C=O) groups is 1. The van der Waals surface area contributed by atoms with Crippen molar-refractivity contribution in [1.29, 1.82) is 0 Å². The van der Waals surface area contributed by atoms with Crippen LogP contribution in [0.25, 0.3) is 5.57 Å². The van der Waals surface area contributed by atoms with Gasteiger partial charge in [0, 0.05) is 11.8 Å². The van der Waals surface area contributed by atoms with Gasteiger partial charge in [-0.1, -0.05) is 35.9 Å². The monoisotopic (exact) mass is 428 g/mol. The average Bonchev–Trinajstić information content (AvgIpc) is 2.71. The number of benzene rings is 1. The minimum atomic E-state index is -1.10. The van der Waals surface area contributed by atoms with Crippen LogP contribution in [0.5, 0.6) is 5.75 Å². The Labute approximate surface area is 183 Å². The molecule has 0 radical (unpaired) electrons. The van der Waals surface area contributed by atoms with Gasteiger partial charge in [-0.2, -0.15) is 0 Å². The highest BCUT2D eigenvalue weighted by molar-refractivity contribution is 6.22. The lowest BCUT2D eigenvalue weighted by Gasteiger charge is -2.49. The molecule has 0 aromatic heterocycles. The number of phenols is 1. The summed E-state index contributed by atoms with van der Waals surface area (Å²) < 4.78 is 5.94. The first-order chi connectivity index (χ1) is 14.6. The fraction of sp³-hybridized carbons (Fsp3) is 0.480. The summed E-state index contributed by atoms with van der Waals surface area (Å²) in [6, 6.07) is 6.21. The lowest BCUT2D eigenvalue weighted by atomic mass is 9.63. The first-order valence-corrected chi connectivity index (χ1v) is 10.6. The molecule has 6 heteroatoms. The summed E-state index contributed by atoms with van der Waals surface area (Å²) in [5.41, 5.74) is 2.52. The standard InChI is InChI=1S/C25H32O6/c1-13(2)5-10-17-22(28)18(11-20(27)14(3)4)25-21(23(17)29)24(30)19(12-31-25)15-6-8-16(26)9-7-15/h5-9,12,17-18,20-23,25-29H,3,10-11H2,1-2,4H3. The number of fused-ring (bicyclic) bond motifs is 1. The predicted molar refractivity (Wildman–Crippen MR) is 118 cm³/mol. The van der Waals surface area contributed by atoms with Crippen molar-refractivity contribution in [3.05, 3.63) is 59.9 Å². The van der Waals surface area contributed by atoms with E-state index in [-0.39, 0.29) is 18.0 Å². The quantitative estimate of drug-likeness (QED) is 0.519. The Hall–Kier alpha value is -2.41. The number of Topliss-reactive ketones (excluding diaryl/α,β-unsaturated/α-hetero) is 1. The lowest BCUT2D eigenvalue weighted by molar-refractivity contribution is -0.170. The van der Waals surface area contributed by atoms with Gasteiger partial charge in [-0.25, -0.2) is 0 Å². The highest BCUT2D eigenvalue weighted by Gasteiger charge is 2.55. The maximum absolute atomic E-state index is 13.5. The number of aliphatic hydroxyl groups is 3. The van der Waals surface area contributed by atoms with E-state index in [1.54, 1.807) is 19.1 Å². The van der Waals surface area contributed by atoms with Crippen LogP contribution in [0.15, 0.2) is 54.3 Å². The maximum atomic E-state index is 13.5. The highest BCUT2D eigenvalue weighted by Crippen LogP contribution is 2.45. The van der Waals surface area contributed by atoms with Gasteiger partial charge in [0.05, 0.1) is 36.1 Å². The number of carbonyl (C=O) groups excluding carboxylic acids is 1. The Balaban J connectivity index is 1.99. The molecule has 1 aliphatic heterocycles. The number of phenolic OH excluding ortho intramolecular Hbond substituents is 1. The molecule has 0 saturated heterocycles. The zero-order valence-electron chi connectivity index (χ0n) is 18.2. The normalized spacial score (nSPS) is 31.2. The topological polar surface area (TPSA) is 107 Å². The van der Waals surface area contributed by atoms with Gasteiger partial charge in [-0.15, -0.1) is 0 Å². The van der Waals surface area contributed by atoms with Crippen LogP contribution in [-0.4, -0.2) is 50.6 Å². The van der Waals surface area contributed by atoms with Gasteiger partial charge in [-0.3, -0.25) is 4.79 Å². The first kappa shape index (κ1) is 23.3. The summed E-state index contributed by atoms with van der Waals surface area (Å²) in [6.45, 7) is 9.37. The number of aromatic hydroxyl groups is 1. The summed E-state index contributed by atoms with van der Waals surface area (Å²) in [6.07, 6.45) is 0.265. The Morgan fingerprint density at radius 1 is 1.13 bits per heavy atom. The average molecular weight is 429 g/mol. The van der Waals surface area contributed by atoms with Crippen LogP contribution in [0, 0.1) is 17.8 Å². The Morgan fingerprint density at radius 3 is 2.35 bits per heavy atom. The third-order valence-electron chi connectivity index (χ3n) is 6.41. The van der Waals surface area contributed by atoms with Gasteiger partial charge in [0.15, 0.2) is 5.78 Å². The molecule has 1 aliphatic carbocycles. The molecule has 1 saturated carbocycles. The summed E-state index contributed by atoms with van der Waals surface area (Å²) in [5.74, 6) is -2.15.